The molecule has 0 rings (SSSR count). The first-order valence-corrected chi connectivity index (χ1v) is 5.18. The largest absolute Gasteiger partial charge is 0.409 e. The highest BCUT2D eigenvalue weighted by atomic mass is 16.4. The molecule has 0 heterocycles. The molecule has 17 heavy (non-hydrogen) atoms. The van der Waals surface area contributed by atoms with Crippen LogP contribution in [0.4, 0.5) is 4.79 Å². The summed E-state index contributed by atoms with van der Waals surface area (Å²) in [6.45, 7) is 4.01. The molecule has 0 radical (unpaired) electrons. The minimum Gasteiger partial charge on any atom is -0.409 e. The smallest absolute Gasteiger partial charge is 0.312 e. The molecule has 0 aromatic carbocycles. The number of nitrogens with two attached hydrogens (primary N) is 2. The van der Waals surface area contributed by atoms with Crippen LogP contribution >= 0.6 is 0 Å². The van der Waals surface area contributed by atoms with Gasteiger partial charge in [-0.2, -0.15) is 0 Å². The molecular formula is C9H19N5O3. The van der Waals surface area contributed by atoms with Gasteiger partial charge in [-0.15, -0.1) is 0 Å². The number of rotatable bonds is 6. The van der Waals surface area contributed by atoms with Crippen molar-refractivity contribution in [2.24, 2.45) is 28.5 Å². The van der Waals surface area contributed by atoms with Gasteiger partial charge in [0.25, 0.3) is 0 Å². The number of carbonyl (C=O) groups is 2. The molecule has 0 aliphatic carbocycles. The monoisotopic (exact) mass is 245 g/mol. The van der Waals surface area contributed by atoms with E-state index in [1.54, 1.807) is 13.8 Å². The predicted molar refractivity (Wildman–Crippen MR) is 62.3 cm³/mol. The molecule has 0 saturated heterocycles. The van der Waals surface area contributed by atoms with Gasteiger partial charge < -0.3 is 27.3 Å². The van der Waals surface area contributed by atoms with Gasteiger partial charge in [-0.1, -0.05) is 19.0 Å². The lowest BCUT2D eigenvalue weighted by molar-refractivity contribution is -0.124. The molecule has 0 aliphatic heterocycles. The Bertz CT molecular complexity index is 303. The van der Waals surface area contributed by atoms with Crippen LogP contribution in [-0.4, -0.2) is 36.1 Å². The molecule has 1 unspecified atom stereocenters. The van der Waals surface area contributed by atoms with E-state index >= 15 is 0 Å². The summed E-state index contributed by atoms with van der Waals surface area (Å²) in [5.74, 6) is -1.30. The van der Waals surface area contributed by atoms with Crippen LogP contribution in [-0.2, 0) is 4.79 Å². The standard InChI is InChI=1S/C9H19N5O3/c1-5(2)6(7(10)14-17)8(15)12-3-4-13-9(11)16/h5-6,17H,3-4H2,1-2H3,(H2,10,14)(H,12,15)(H3,11,13,16). The number of primary amides is 1. The van der Waals surface area contributed by atoms with E-state index in [1.807, 2.05) is 0 Å². The third-order valence-corrected chi connectivity index (χ3v) is 2.11. The van der Waals surface area contributed by atoms with Gasteiger partial charge in [0.1, 0.15) is 5.92 Å². The first-order chi connectivity index (χ1) is 7.90. The quantitative estimate of drug-likeness (QED) is 0.131. The molecule has 8 nitrogen and oxygen atoms in total. The maximum Gasteiger partial charge on any atom is 0.312 e. The van der Waals surface area contributed by atoms with Gasteiger partial charge in [0.2, 0.25) is 5.91 Å². The van der Waals surface area contributed by atoms with Crippen LogP contribution in [0.2, 0.25) is 0 Å². The molecule has 3 amide bonds. The van der Waals surface area contributed by atoms with Crippen molar-refractivity contribution in [3.05, 3.63) is 0 Å². The van der Waals surface area contributed by atoms with Crippen LogP contribution in [0.5, 0.6) is 0 Å². The molecule has 7 N–H and O–H groups in total. The summed E-state index contributed by atoms with van der Waals surface area (Å²) in [4.78, 5) is 22.1. The first-order valence-electron chi connectivity index (χ1n) is 5.18. The fourth-order valence-electron chi connectivity index (χ4n) is 1.32. The minimum atomic E-state index is -0.700. The van der Waals surface area contributed by atoms with Gasteiger partial charge in [0, 0.05) is 13.1 Å². The van der Waals surface area contributed by atoms with E-state index in [9.17, 15) is 9.59 Å². The zero-order chi connectivity index (χ0) is 13.4. The molecule has 98 valence electrons. The Morgan fingerprint density at radius 1 is 1.24 bits per heavy atom. The number of hydrogen-bond acceptors (Lipinski definition) is 4. The van der Waals surface area contributed by atoms with Crippen molar-refractivity contribution in [1.82, 2.24) is 10.6 Å². The molecule has 0 fully saturated rings. The number of amidine groups is 1. The molecular weight excluding hydrogens is 226 g/mol. The molecule has 0 spiro atoms. The van der Waals surface area contributed by atoms with Crippen molar-refractivity contribution < 1.29 is 14.8 Å². The Labute approximate surface area is 99.4 Å². The van der Waals surface area contributed by atoms with Crippen molar-refractivity contribution in [3.63, 3.8) is 0 Å². The zero-order valence-electron chi connectivity index (χ0n) is 9.93. The average Bonchev–Trinajstić information content (AvgIpc) is 2.23. The van der Waals surface area contributed by atoms with Crippen LogP contribution in [0, 0.1) is 11.8 Å². The second-order valence-electron chi connectivity index (χ2n) is 3.83. The Morgan fingerprint density at radius 2 is 1.76 bits per heavy atom. The average molecular weight is 245 g/mol. The molecule has 0 aromatic rings. The van der Waals surface area contributed by atoms with Crippen molar-refractivity contribution in [2.45, 2.75) is 13.8 Å². The molecule has 0 aliphatic rings. The van der Waals surface area contributed by atoms with Crippen LogP contribution in [0.3, 0.4) is 0 Å². The number of amides is 3. The third kappa shape index (κ3) is 5.59. The zero-order valence-corrected chi connectivity index (χ0v) is 9.93. The lowest BCUT2D eigenvalue weighted by Crippen LogP contribution is -2.44. The van der Waals surface area contributed by atoms with E-state index in [-0.39, 0.29) is 30.8 Å². The minimum absolute atomic E-state index is 0.102. The highest BCUT2D eigenvalue weighted by Gasteiger charge is 2.26. The van der Waals surface area contributed by atoms with Crippen molar-refractivity contribution >= 4 is 17.8 Å². The Kier molecular flexibility index (Phi) is 6.46. The van der Waals surface area contributed by atoms with Crippen LogP contribution in [0.25, 0.3) is 0 Å². The van der Waals surface area contributed by atoms with Gasteiger partial charge >= 0.3 is 6.03 Å². The van der Waals surface area contributed by atoms with Gasteiger partial charge in [-0.3, -0.25) is 4.79 Å². The summed E-state index contributed by atoms with van der Waals surface area (Å²) in [6.07, 6.45) is 0. The molecule has 0 aromatic heterocycles. The highest BCUT2D eigenvalue weighted by molar-refractivity contribution is 6.02. The topological polar surface area (TPSA) is 143 Å². The van der Waals surface area contributed by atoms with Crippen molar-refractivity contribution in [2.75, 3.05) is 13.1 Å². The summed E-state index contributed by atoms with van der Waals surface area (Å²) in [7, 11) is 0. The second-order valence-corrected chi connectivity index (χ2v) is 3.83. The van der Waals surface area contributed by atoms with Gasteiger partial charge in [-0.25, -0.2) is 4.79 Å². The Morgan fingerprint density at radius 3 is 2.18 bits per heavy atom. The van der Waals surface area contributed by atoms with E-state index in [0.717, 1.165) is 0 Å². The van der Waals surface area contributed by atoms with Crippen LogP contribution < -0.4 is 22.1 Å². The number of nitrogens with one attached hydrogen (secondary N) is 2. The maximum absolute atomic E-state index is 11.7. The first kappa shape index (κ1) is 15.0. The highest BCUT2D eigenvalue weighted by Crippen LogP contribution is 2.10. The van der Waals surface area contributed by atoms with E-state index in [0.29, 0.717) is 0 Å². The van der Waals surface area contributed by atoms with E-state index in [4.69, 9.17) is 16.7 Å². The number of nitrogens with zero attached hydrogens (tertiary/aromatic N) is 1. The van der Waals surface area contributed by atoms with Gasteiger partial charge in [0.05, 0.1) is 0 Å². The summed E-state index contributed by atoms with van der Waals surface area (Å²) in [5, 5.41) is 16.3. The predicted octanol–water partition coefficient (Wildman–Crippen LogP) is -1.21. The molecule has 1 atom stereocenters. The van der Waals surface area contributed by atoms with Crippen LogP contribution in [0.15, 0.2) is 5.16 Å². The van der Waals surface area contributed by atoms with E-state index < -0.39 is 11.9 Å². The molecule has 0 saturated carbocycles. The Balaban J connectivity index is 4.21. The van der Waals surface area contributed by atoms with E-state index in [1.165, 1.54) is 0 Å². The number of hydrogen-bond donors (Lipinski definition) is 5. The molecule has 8 heteroatoms. The SMILES string of the molecule is CC(C)C(C(=O)NCCNC(N)=O)C(N)=NO. The lowest BCUT2D eigenvalue weighted by Gasteiger charge is -2.18. The van der Waals surface area contributed by atoms with Gasteiger partial charge in [0.15, 0.2) is 5.84 Å². The van der Waals surface area contributed by atoms with Crippen LogP contribution in [0.1, 0.15) is 13.8 Å². The fraction of sp³-hybridized carbons (Fsp3) is 0.667. The number of carbonyl (C=O) groups excluding carboxylic acids is 2. The van der Waals surface area contributed by atoms with E-state index in [2.05, 4.69) is 15.8 Å². The second kappa shape index (κ2) is 7.31. The summed E-state index contributed by atoms with van der Waals surface area (Å²) < 4.78 is 0. The molecule has 0 bridgehead atoms. The summed E-state index contributed by atoms with van der Waals surface area (Å²) in [5.41, 5.74) is 10.3. The fourth-order valence-corrected chi connectivity index (χ4v) is 1.32. The Hall–Kier alpha value is -1.99. The van der Waals surface area contributed by atoms with Crippen molar-refractivity contribution in [3.8, 4) is 0 Å². The normalized spacial score (nSPS) is 13.2. The third-order valence-electron chi connectivity index (χ3n) is 2.11. The summed E-state index contributed by atoms with van der Waals surface area (Å²) in [6, 6.07) is -0.656. The number of oxime groups is 1. The number of urea groups is 1. The van der Waals surface area contributed by atoms with Crippen molar-refractivity contribution in [1.29, 1.82) is 0 Å². The maximum atomic E-state index is 11.7. The van der Waals surface area contributed by atoms with Gasteiger partial charge in [-0.05, 0) is 5.92 Å². The summed E-state index contributed by atoms with van der Waals surface area (Å²) >= 11 is 0. The lowest BCUT2D eigenvalue weighted by atomic mass is 9.94.